The Bertz CT molecular complexity index is 169. The van der Waals surface area contributed by atoms with Crippen molar-refractivity contribution in [3.63, 3.8) is 0 Å². The maximum atomic E-state index is 3.99. The van der Waals surface area contributed by atoms with E-state index in [-0.39, 0.29) is 0 Å². The van der Waals surface area contributed by atoms with Crippen LogP contribution in [0.1, 0.15) is 41.0 Å². The van der Waals surface area contributed by atoms with E-state index in [4.69, 9.17) is 0 Å². The summed E-state index contributed by atoms with van der Waals surface area (Å²) >= 11 is 0. The van der Waals surface area contributed by atoms with Gasteiger partial charge in [0.1, 0.15) is 0 Å². The summed E-state index contributed by atoms with van der Waals surface area (Å²) in [6.07, 6.45) is 3.11. The normalized spacial score (nSPS) is 15.6. The van der Waals surface area contributed by atoms with E-state index in [2.05, 4.69) is 17.2 Å². The molecule has 0 aromatic heterocycles. The van der Waals surface area contributed by atoms with E-state index >= 15 is 0 Å². The zero-order valence-electron chi connectivity index (χ0n) is 10.6. The first-order valence-corrected chi connectivity index (χ1v) is 5.66. The van der Waals surface area contributed by atoms with Crippen LogP contribution >= 0.6 is 0 Å². The molecule has 0 saturated heterocycles. The fourth-order valence-corrected chi connectivity index (χ4v) is 1.12. The van der Waals surface area contributed by atoms with Crippen LogP contribution in [0.3, 0.4) is 0 Å². The Morgan fingerprint density at radius 2 is 1.79 bits per heavy atom. The molecule has 0 unspecified atom stereocenters. The van der Waals surface area contributed by atoms with Gasteiger partial charge in [0.05, 0.1) is 0 Å². The average molecular weight is 198 g/mol. The molecular weight excluding hydrogens is 172 g/mol. The van der Waals surface area contributed by atoms with Gasteiger partial charge in [-0.3, -0.25) is 4.99 Å². The molecule has 2 nitrogen and oxygen atoms in total. The number of hydrogen-bond acceptors (Lipinski definition) is 2. The summed E-state index contributed by atoms with van der Waals surface area (Å²) in [6, 6.07) is 0. The fraction of sp³-hybridized carbons (Fsp3) is 0.750. The summed E-state index contributed by atoms with van der Waals surface area (Å²) < 4.78 is 0. The van der Waals surface area contributed by atoms with Gasteiger partial charge >= 0.3 is 0 Å². The molecular formula is C12H26N2. The molecule has 0 atom stereocenters. The highest BCUT2D eigenvalue weighted by atomic mass is 14.9. The first-order valence-electron chi connectivity index (χ1n) is 5.66. The molecule has 0 amide bonds. The number of aliphatic imine (C=N–C) groups is 1. The van der Waals surface area contributed by atoms with Crippen molar-refractivity contribution in [3.05, 3.63) is 11.1 Å². The molecule has 0 spiro atoms. The van der Waals surface area contributed by atoms with Gasteiger partial charge in [-0.05, 0) is 25.5 Å². The second-order valence-electron chi connectivity index (χ2n) is 2.62. The van der Waals surface area contributed by atoms with Crippen molar-refractivity contribution in [2.75, 3.05) is 20.1 Å². The van der Waals surface area contributed by atoms with Crippen molar-refractivity contribution in [1.29, 1.82) is 0 Å². The molecule has 1 aliphatic heterocycles. The molecule has 1 heterocycles. The fourth-order valence-electron chi connectivity index (χ4n) is 1.12. The van der Waals surface area contributed by atoms with Crippen molar-refractivity contribution in [3.8, 4) is 0 Å². The Labute approximate surface area is 89.5 Å². The van der Waals surface area contributed by atoms with Crippen LogP contribution in [0, 0.1) is 0 Å². The largest absolute Gasteiger partial charge is 0.312 e. The van der Waals surface area contributed by atoms with Gasteiger partial charge in [-0.2, -0.15) is 0 Å². The van der Waals surface area contributed by atoms with Crippen molar-refractivity contribution < 1.29 is 0 Å². The van der Waals surface area contributed by atoms with Gasteiger partial charge in [0.2, 0.25) is 0 Å². The third-order valence-corrected chi connectivity index (χ3v) is 1.83. The van der Waals surface area contributed by atoms with E-state index < -0.39 is 0 Å². The highest BCUT2D eigenvalue weighted by molar-refractivity contribution is 5.80. The monoisotopic (exact) mass is 198 g/mol. The Hall–Kier alpha value is -0.630. The third kappa shape index (κ3) is 6.84. The van der Waals surface area contributed by atoms with Crippen LogP contribution in [-0.4, -0.2) is 26.4 Å². The maximum absolute atomic E-state index is 3.99. The van der Waals surface area contributed by atoms with E-state index in [0.717, 1.165) is 13.1 Å². The zero-order valence-corrected chi connectivity index (χ0v) is 10.6. The summed E-state index contributed by atoms with van der Waals surface area (Å²) in [4.78, 5) is 3.99. The van der Waals surface area contributed by atoms with E-state index in [0.29, 0.717) is 0 Å². The van der Waals surface area contributed by atoms with Gasteiger partial charge in [0, 0.05) is 19.8 Å². The molecule has 2 heteroatoms. The lowest BCUT2D eigenvalue weighted by Gasteiger charge is -2.15. The molecule has 1 rings (SSSR count). The van der Waals surface area contributed by atoms with Gasteiger partial charge in [-0.1, -0.05) is 33.3 Å². The predicted octanol–water partition coefficient (Wildman–Crippen LogP) is 3.05. The molecule has 1 N–H and O–H groups in total. The Morgan fingerprint density at radius 1 is 1.21 bits per heavy atom. The number of nitrogens with zero attached hydrogens (tertiary/aromatic N) is 1. The molecule has 0 bridgehead atoms. The minimum Gasteiger partial charge on any atom is -0.312 e. The van der Waals surface area contributed by atoms with Crippen LogP contribution in [0.15, 0.2) is 16.1 Å². The van der Waals surface area contributed by atoms with Crippen molar-refractivity contribution in [2.45, 2.75) is 41.0 Å². The Kier molecular flexibility index (Phi) is 14.0. The first-order chi connectivity index (χ1) is 6.84. The maximum Gasteiger partial charge on any atom is 0.0277 e. The number of nitrogens with one attached hydrogen (secondary N) is 1. The minimum atomic E-state index is 0.989. The molecule has 0 aromatic carbocycles. The predicted molar refractivity (Wildman–Crippen MR) is 67.3 cm³/mol. The Morgan fingerprint density at radius 3 is 2.21 bits per heavy atom. The summed E-state index contributed by atoms with van der Waals surface area (Å²) in [5.41, 5.74) is 2.83. The third-order valence-electron chi connectivity index (χ3n) is 1.83. The highest BCUT2D eigenvalue weighted by Gasteiger charge is 2.04. The van der Waals surface area contributed by atoms with E-state index in [1.165, 1.54) is 17.6 Å². The van der Waals surface area contributed by atoms with Gasteiger partial charge in [-0.25, -0.2) is 0 Å². The molecule has 0 aromatic rings. The van der Waals surface area contributed by atoms with Crippen LogP contribution in [0.5, 0.6) is 0 Å². The summed E-state index contributed by atoms with van der Waals surface area (Å²) in [6.45, 7) is 12.3. The van der Waals surface area contributed by atoms with Crippen LogP contribution < -0.4 is 5.32 Å². The minimum absolute atomic E-state index is 0.989. The Balaban J connectivity index is 0. The van der Waals surface area contributed by atoms with Gasteiger partial charge < -0.3 is 5.32 Å². The molecule has 0 radical (unpaired) electrons. The second-order valence-corrected chi connectivity index (χ2v) is 2.62. The lowest BCUT2D eigenvalue weighted by molar-refractivity contribution is 0.693. The van der Waals surface area contributed by atoms with E-state index in [9.17, 15) is 0 Å². The number of rotatable bonds is 1. The van der Waals surface area contributed by atoms with Crippen LogP contribution in [-0.2, 0) is 0 Å². The molecule has 0 aliphatic carbocycles. The zero-order chi connectivity index (χ0) is 11.4. The lowest BCUT2D eigenvalue weighted by atomic mass is 10.0. The van der Waals surface area contributed by atoms with Crippen LogP contribution in [0.25, 0.3) is 0 Å². The molecule has 0 saturated carbocycles. The van der Waals surface area contributed by atoms with Crippen molar-refractivity contribution in [1.82, 2.24) is 5.32 Å². The van der Waals surface area contributed by atoms with Crippen molar-refractivity contribution in [2.24, 2.45) is 4.99 Å². The van der Waals surface area contributed by atoms with E-state index in [1.54, 1.807) is 0 Å². The molecule has 0 fully saturated rings. The smallest absolute Gasteiger partial charge is 0.0277 e. The average Bonchev–Trinajstić information content (AvgIpc) is 2.28. The van der Waals surface area contributed by atoms with E-state index in [1.807, 2.05) is 41.0 Å². The highest BCUT2D eigenvalue weighted by Crippen LogP contribution is 2.08. The lowest BCUT2D eigenvalue weighted by Crippen LogP contribution is -2.24. The summed E-state index contributed by atoms with van der Waals surface area (Å²) in [7, 11) is 1.81. The SMILES string of the molecule is CC.CC.CN=CC1=C(C)CCNC1. The van der Waals surface area contributed by atoms with Gasteiger partial charge in [0.15, 0.2) is 0 Å². The first kappa shape index (κ1) is 15.8. The summed E-state index contributed by atoms with van der Waals surface area (Å²) in [5, 5.41) is 3.30. The van der Waals surface area contributed by atoms with Gasteiger partial charge in [-0.15, -0.1) is 0 Å². The second kappa shape index (κ2) is 12.4. The molecule has 14 heavy (non-hydrogen) atoms. The molecule has 1 aliphatic rings. The number of hydrogen-bond donors (Lipinski definition) is 1. The quantitative estimate of drug-likeness (QED) is 0.643. The standard InChI is InChI=1S/C8H14N2.2C2H6/c1-7-3-4-10-6-8(7)5-9-2;2*1-2/h5,10H,3-4,6H2,1-2H3;2*1-2H3. The van der Waals surface area contributed by atoms with Gasteiger partial charge in [0.25, 0.3) is 0 Å². The van der Waals surface area contributed by atoms with Crippen LogP contribution in [0.4, 0.5) is 0 Å². The summed E-state index contributed by atoms with van der Waals surface area (Å²) in [5.74, 6) is 0. The topological polar surface area (TPSA) is 24.4 Å². The van der Waals surface area contributed by atoms with Crippen molar-refractivity contribution >= 4 is 6.21 Å². The van der Waals surface area contributed by atoms with Crippen LogP contribution in [0.2, 0.25) is 0 Å². The molecule has 84 valence electrons.